The number of hydrogen-bond acceptors (Lipinski definition) is 5. The summed E-state index contributed by atoms with van der Waals surface area (Å²) in [5.41, 5.74) is 0.304. The monoisotopic (exact) mass is 503 g/mol. The smallest absolute Gasteiger partial charge is 0.261 e. The Morgan fingerprint density at radius 1 is 1.11 bits per heavy atom. The summed E-state index contributed by atoms with van der Waals surface area (Å²) in [6.07, 6.45) is 3.26. The SMILES string of the molecule is CN(C)CCNC(=O)c1cc(Cl)ccc1OCC(=O)N1C2CCC1CC(Oc1ccc(F)cc1)C2. The zero-order valence-electron chi connectivity index (χ0n) is 20.0. The summed E-state index contributed by atoms with van der Waals surface area (Å²) in [5.74, 6) is 0.264. The fraction of sp³-hybridized carbons (Fsp3) is 0.462. The minimum atomic E-state index is -0.298. The molecule has 7 nitrogen and oxygen atoms in total. The van der Waals surface area contributed by atoms with E-state index >= 15 is 0 Å². The van der Waals surface area contributed by atoms with Crippen molar-refractivity contribution in [3.63, 3.8) is 0 Å². The summed E-state index contributed by atoms with van der Waals surface area (Å²) in [7, 11) is 3.85. The Morgan fingerprint density at radius 3 is 2.46 bits per heavy atom. The molecule has 0 aliphatic carbocycles. The minimum Gasteiger partial charge on any atom is -0.490 e. The van der Waals surface area contributed by atoms with Crippen LogP contribution in [0.25, 0.3) is 0 Å². The van der Waals surface area contributed by atoms with Gasteiger partial charge in [0.05, 0.1) is 5.56 Å². The van der Waals surface area contributed by atoms with Crippen LogP contribution in [0.4, 0.5) is 4.39 Å². The Labute approximate surface area is 210 Å². The summed E-state index contributed by atoms with van der Waals surface area (Å²) in [6.45, 7) is 1.02. The molecule has 0 aromatic heterocycles. The molecule has 2 atom stereocenters. The number of nitrogens with zero attached hydrogens (tertiary/aromatic N) is 2. The molecule has 1 N–H and O–H groups in total. The number of nitrogens with one attached hydrogen (secondary N) is 1. The molecule has 0 saturated carbocycles. The Morgan fingerprint density at radius 2 is 1.80 bits per heavy atom. The number of halogens is 2. The largest absolute Gasteiger partial charge is 0.490 e. The second-order valence-electron chi connectivity index (χ2n) is 9.34. The Bertz CT molecular complexity index is 1040. The van der Waals surface area contributed by atoms with Crippen LogP contribution in [0.2, 0.25) is 5.02 Å². The molecule has 2 aliphatic rings. The van der Waals surface area contributed by atoms with Gasteiger partial charge >= 0.3 is 0 Å². The number of amides is 2. The second-order valence-corrected chi connectivity index (χ2v) is 9.78. The average molecular weight is 504 g/mol. The number of likely N-dealkylation sites (N-methyl/N-ethyl adjacent to an activating group) is 1. The van der Waals surface area contributed by atoms with Gasteiger partial charge < -0.3 is 24.6 Å². The number of hydrogen-bond donors (Lipinski definition) is 1. The maximum atomic E-state index is 13.2. The Balaban J connectivity index is 1.34. The van der Waals surface area contributed by atoms with E-state index in [1.165, 1.54) is 12.1 Å². The van der Waals surface area contributed by atoms with Crippen LogP contribution < -0.4 is 14.8 Å². The molecule has 0 spiro atoms. The molecule has 2 bridgehead atoms. The number of carbonyl (C=O) groups excluding carboxylic acids is 2. The van der Waals surface area contributed by atoms with Crippen molar-refractivity contribution in [1.82, 2.24) is 15.1 Å². The van der Waals surface area contributed by atoms with Gasteiger partial charge in [-0.3, -0.25) is 9.59 Å². The van der Waals surface area contributed by atoms with Crippen molar-refractivity contribution >= 4 is 23.4 Å². The second kappa shape index (κ2) is 11.3. The zero-order chi connectivity index (χ0) is 24.9. The van der Waals surface area contributed by atoms with Crippen LogP contribution in [-0.2, 0) is 4.79 Å². The Kier molecular flexibility index (Phi) is 8.13. The van der Waals surface area contributed by atoms with Crippen LogP contribution in [-0.4, -0.2) is 73.6 Å². The molecule has 2 amide bonds. The van der Waals surface area contributed by atoms with Crippen LogP contribution in [0.1, 0.15) is 36.0 Å². The third kappa shape index (κ3) is 6.44. The lowest BCUT2D eigenvalue weighted by Gasteiger charge is -2.38. The van der Waals surface area contributed by atoms with E-state index in [1.807, 2.05) is 23.9 Å². The van der Waals surface area contributed by atoms with Gasteiger partial charge in [-0.25, -0.2) is 4.39 Å². The lowest BCUT2D eigenvalue weighted by molar-refractivity contribution is -0.139. The van der Waals surface area contributed by atoms with E-state index in [-0.39, 0.29) is 42.4 Å². The Hall–Kier alpha value is -2.84. The lowest BCUT2D eigenvalue weighted by Crippen LogP contribution is -2.50. The van der Waals surface area contributed by atoms with Gasteiger partial charge in [0.2, 0.25) is 0 Å². The van der Waals surface area contributed by atoms with Crippen molar-refractivity contribution < 1.29 is 23.5 Å². The molecule has 4 rings (SSSR count). The van der Waals surface area contributed by atoms with Gasteiger partial charge in [-0.05, 0) is 69.4 Å². The van der Waals surface area contributed by atoms with Crippen molar-refractivity contribution in [3.8, 4) is 11.5 Å². The van der Waals surface area contributed by atoms with Crippen molar-refractivity contribution in [2.45, 2.75) is 43.9 Å². The summed E-state index contributed by atoms with van der Waals surface area (Å²) in [4.78, 5) is 29.7. The lowest BCUT2D eigenvalue weighted by atomic mass is 9.99. The van der Waals surface area contributed by atoms with Gasteiger partial charge in [-0.15, -0.1) is 0 Å². The van der Waals surface area contributed by atoms with Crippen LogP contribution in [0.15, 0.2) is 42.5 Å². The molecule has 2 aliphatic heterocycles. The molecule has 35 heavy (non-hydrogen) atoms. The number of benzene rings is 2. The van der Waals surface area contributed by atoms with E-state index in [0.717, 1.165) is 25.7 Å². The van der Waals surface area contributed by atoms with Crippen molar-refractivity contribution in [2.75, 3.05) is 33.8 Å². The first-order chi connectivity index (χ1) is 16.8. The third-order valence-corrected chi connectivity index (χ3v) is 6.71. The normalized spacial score (nSPS) is 21.2. The van der Waals surface area contributed by atoms with Crippen molar-refractivity contribution in [3.05, 3.63) is 58.9 Å². The highest BCUT2D eigenvalue weighted by molar-refractivity contribution is 6.31. The van der Waals surface area contributed by atoms with E-state index < -0.39 is 0 Å². The van der Waals surface area contributed by atoms with Gasteiger partial charge in [0.25, 0.3) is 11.8 Å². The molecule has 9 heteroatoms. The van der Waals surface area contributed by atoms with Crippen LogP contribution in [0.3, 0.4) is 0 Å². The van der Waals surface area contributed by atoms with E-state index in [9.17, 15) is 14.0 Å². The maximum absolute atomic E-state index is 13.2. The average Bonchev–Trinajstić information content (AvgIpc) is 3.09. The topological polar surface area (TPSA) is 71.1 Å². The summed E-state index contributed by atoms with van der Waals surface area (Å²) < 4.78 is 25.0. The van der Waals surface area contributed by atoms with E-state index in [4.69, 9.17) is 21.1 Å². The van der Waals surface area contributed by atoms with E-state index in [2.05, 4.69) is 5.32 Å². The van der Waals surface area contributed by atoms with Gasteiger partial charge in [0, 0.05) is 43.0 Å². The van der Waals surface area contributed by atoms with Crippen LogP contribution >= 0.6 is 11.6 Å². The summed E-state index contributed by atoms with van der Waals surface area (Å²) >= 11 is 6.11. The summed E-state index contributed by atoms with van der Waals surface area (Å²) in [5, 5.41) is 3.27. The molecular weight excluding hydrogens is 473 g/mol. The van der Waals surface area contributed by atoms with Crippen LogP contribution in [0, 0.1) is 5.82 Å². The number of ether oxygens (including phenoxy) is 2. The van der Waals surface area contributed by atoms with E-state index in [1.54, 1.807) is 30.3 Å². The molecule has 2 aromatic carbocycles. The van der Waals surface area contributed by atoms with Gasteiger partial charge in [-0.1, -0.05) is 11.6 Å². The molecule has 0 radical (unpaired) electrons. The highest BCUT2D eigenvalue weighted by Crippen LogP contribution is 2.37. The van der Waals surface area contributed by atoms with Crippen LogP contribution in [0.5, 0.6) is 11.5 Å². The first-order valence-corrected chi connectivity index (χ1v) is 12.3. The molecule has 188 valence electrons. The highest BCUT2D eigenvalue weighted by Gasteiger charge is 2.44. The fourth-order valence-corrected chi connectivity index (χ4v) is 5.02. The number of fused-ring (bicyclic) bond motifs is 2. The van der Waals surface area contributed by atoms with Crippen molar-refractivity contribution in [1.29, 1.82) is 0 Å². The van der Waals surface area contributed by atoms with Gasteiger partial charge in [-0.2, -0.15) is 0 Å². The minimum absolute atomic E-state index is 0.0170. The number of rotatable bonds is 9. The van der Waals surface area contributed by atoms with Gasteiger partial charge in [0.15, 0.2) is 6.61 Å². The quantitative estimate of drug-likeness (QED) is 0.564. The predicted molar refractivity (Wildman–Crippen MR) is 132 cm³/mol. The molecule has 2 aromatic rings. The maximum Gasteiger partial charge on any atom is 0.261 e. The van der Waals surface area contributed by atoms with Crippen molar-refractivity contribution in [2.24, 2.45) is 0 Å². The predicted octanol–water partition coefficient (Wildman–Crippen LogP) is 3.75. The number of piperidine rings is 1. The first-order valence-electron chi connectivity index (χ1n) is 11.9. The zero-order valence-corrected chi connectivity index (χ0v) is 20.8. The number of carbonyl (C=O) groups is 2. The standard InChI is InChI=1S/C26H31ClFN3O4/c1-30(2)12-11-29-26(33)23-13-17(27)3-10-24(23)34-16-25(32)31-19-6-7-20(31)15-22(14-19)35-21-8-4-18(28)5-9-21/h3-5,8-10,13,19-20,22H,6-7,11-12,14-16H2,1-2H3,(H,29,33). The summed E-state index contributed by atoms with van der Waals surface area (Å²) in [6, 6.07) is 11.0. The molecule has 2 saturated heterocycles. The molecule has 2 heterocycles. The molecule has 2 fully saturated rings. The third-order valence-electron chi connectivity index (χ3n) is 6.48. The highest BCUT2D eigenvalue weighted by atomic mass is 35.5. The fourth-order valence-electron chi connectivity index (χ4n) is 4.84. The first kappa shape index (κ1) is 25.3. The van der Waals surface area contributed by atoms with E-state index in [0.29, 0.717) is 35.2 Å². The molecular formula is C26H31ClFN3O4. The molecule has 2 unspecified atom stereocenters. The van der Waals surface area contributed by atoms with Gasteiger partial charge in [0.1, 0.15) is 23.4 Å².